The molecule has 1 aromatic heterocycles. The van der Waals surface area contributed by atoms with Crippen LogP contribution in [0.5, 0.6) is 5.75 Å². The van der Waals surface area contributed by atoms with Gasteiger partial charge in [0.2, 0.25) is 10.0 Å². The Hall–Kier alpha value is -2.86. The molecule has 3 rings (SSSR count). The number of anilines is 1. The number of nitrogens with two attached hydrogens (primary N) is 1. The van der Waals surface area contributed by atoms with Gasteiger partial charge in [-0.25, -0.2) is 17.1 Å². The van der Waals surface area contributed by atoms with E-state index in [2.05, 4.69) is 20.0 Å². The highest BCUT2D eigenvalue weighted by Crippen LogP contribution is 2.36. The molecule has 1 atom stereocenters. The number of ether oxygens (including phenoxy) is 1. The van der Waals surface area contributed by atoms with E-state index < -0.39 is 32.7 Å². The number of rotatable bonds is 6. The highest BCUT2D eigenvalue weighted by molar-refractivity contribution is 7.91. The molecule has 0 fully saturated rings. The zero-order chi connectivity index (χ0) is 24.6. The molecule has 0 amide bonds. The van der Waals surface area contributed by atoms with Crippen molar-refractivity contribution in [1.29, 1.82) is 0 Å². The lowest BCUT2D eigenvalue weighted by Gasteiger charge is -2.29. The van der Waals surface area contributed by atoms with Gasteiger partial charge in [0, 0.05) is 24.8 Å². The Morgan fingerprint density at radius 2 is 1.94 bits per heavy atom. The van der Waals surface area contributed by atoms with Crippen molar-refractivity contribution in [2.75, 3.05) is 18.9 Å². The molecule has 0 spiro atoms. The maximum absolute atomic E-state index is 14.9. The first-order valence-corrected chi connectivity index (χ1v) is 11.5. The number of nitrogens with one attached hydrogen (secondary N) is 1. The van der Waals surface area contributed by atoms with E-state index in [0.29, 0.717) is 11.4 Å². The Morgan fingerprint density at radius 1 is 1.24 bits per heavy atom. The van der Waals surface area contributed by atoms with Gasteiger partial charge < -0.3 is 15.8 Å². The minimum Gasteiger partial charge on any atom is -0.433 e. The molecular formula is C21H26F3N5O3S. The number of alkyl halides is 2. The van der Waals surface area contributed by atoms with Crippen LogP contribution in [0.15, 0.2) is 41.5 Å². The van der Waals surface area contributed by atoms with Gasteiger partial charge in [-0.15, -0.1) is 0 Å². The molecule has 8 nitrogen and oxygen atoms in total. The maximum atomic E-state index is 14.9. The predicted molar refractivity (Wildman–Crippen MR) is 119 cm³/mol. The molecule has 180 valence electrons. The van der Waals surface area contributed by atoms with Crippen molar-refractivity contribution < 1.29 is 26.3 Å². The quantitative estimate of drug-likeness (QED) is 0.651. The number of hydrogen-bond donors (Lipinski definition) is 2. The van der Waals surface area contributed by atoms with E-state index in [-0.39, 0.29) is 30.2 Å². The summed E-state index contributed by atoms with van der Waals surface area (Å²) in [6, 6.07) is 7.21. The van der Waals surface area contributed by atoms with E-state index >= 15 is 0 Å². The first kappa shape index (κ1) is 24.8. The number of aliphatic imine (C=N–C) groups is 1. The summed E-state index contributed by atoms with van der Waals surface area (Å²) in [5.41, 5.74) is 6.04. The van der Waals surface area contributed by atoms with Crippen molar-refractivity contribution in [3.05, 3.63) is 53.6 Å². The fourth-order valence-electron chi connectivity index (χ4n) is 3.55. The Bertz CT molecular complexity index is 1160. The Balaban J connectivity index is 1.87. The highest BCUT2D eigenvalue weighted by atomic mass is 32.2. The Kier molecular flexibility index (Phi) is 6.62. The van der Waals surface area contributed by atoms with Crippen LogP contribution in [0.4, 0.5) is 18.9 Å². The number of hydrogen-bond acceptors (Lipinski definition) is 7. The van der Waals surface area contributed by atoms with Gasteiger partial charge >= 0.3 is 6.61 Å². The lowest BCUT2D eigenvalue weighted by atomic mass is 9.91. The number of sulfonamides is 1. The number of halogens is 3. The highest BCUT2D eigenvalue weighted by Gasteiger charge is 2.48. The molecule has 1 aliphatic heterocycles. The molecule has 0 unspecified atom stereocenters. The Morgan fingerprint density at radius 3 is 2.55 bits per heavy atom. The molecule has 0 radical (unpaired) electrons. The van der Waals surface area contributed by atoms with Gasteiger partial charge in [0.25, 0.3) is 0 Å². The van der Waals surface area contributed by atoms with Gasteiger partial charge in [0.1, 0.15) is 27.7 Å². The minimum absolute atomic E-state index is 0.0587. The third-order valence-electron chi connectivity index (χ3n) is 5.61. The smallest absolute Gasteiger partial charge is 0.387 e. The molecule has 0 aliphatic carbocycles. The fraction of sp³-hybridized carbons (Fsp3) is 0.429. The third-order valence-corrected chi connectivity index (χ3v) is 8.06. The van der Waals surface area contributed by atoms with Crippen LogP contribution < -0.4 is 15.8 Å². The SMILES string of the molecule is CN1C[C@@](C)(c2cc(NCc3ccc(OC(F)F)cn3)ccc2F)N=C(N)C(C)(C)S1(=O)=O. The molecule has 1 aliphatic rings. The normalized spacial score (nSPS) is 22.5. The summed E-state index contributed by atoms with van der Waals surface area (Å²) in [6.45, 7) is 1.73. The van der Waals surface area contributed by atoms with Crippen molar-refractivity contribution in [3.8, 4) is 5.75 Å². The van der Waals surface area contributed by atoms with Gasteiger partial charge in [0.15, 0.2) is 0 Å². The van der Waals surface area contributed by atoms with Crippen LogP contribution in [-0.2, 0) is 22.1 Å². The Labute approximate surface area is 190 Å². The zero-order valence-electron chi connectivity index (χ0n) is 18.6. The summed E-state index contributed by atoms with van der Waals surface area (Å²) in [5, 5.41) is 3.09. The van der Waals surface area contributed by atoms with Gasteiger partial charge in [-0.05, 0) is 51.1 Å². The van der Waals surface area contributed by atoms with Crippen molar-refractivity contribution in [2.24, 2.45) is 10.7 Å². The van der Waals surface area contributed by atoms with Crippen LogP contribution >= 0.6 is 0 Å². The second-order valence-electron chi connectivity index (χ2n) is 8.45. The van der Waals surface area contributed by atoms with Crippen molar-refractivity contribution in [2.45, 2.75) is 44.2 Å². The molecule has 0 saturated heterocycles. The average Bonchev–Trinajstić information content (AvgIpc) is 2.76. The summed E-state index contributed by atoms with van der Waals surface area (Å²) in [5.74, 6) is -0.726. The first-order valence-electron chi connectivity index (χ1n) is 10.0. The molecule has 2 aromatic rings. The summed E-state index contributed by atoms with van der Waals surface area (Å²) in [4.78, 5) is 8.50. The van der Waals surface area contributed by atoms with Crippen LogP contribution in [0.2, 0.25) is 0 Å². The van der Waals surface area contributed by atoms with E-state index in [4.69, 9.17) is 5.73 Å². The lowest BCUT2D eigenvalue weighted by molar-refractivity contribution is -0.0500. The second-order valence-corrected chi connectivity index (χ2v) is 11.0. The number of pyridine rings is 1. The second kappa shape index (κ2) is 8.82. The molecule has 0 bridgehead atoms. The number of benzene rings is 1. The monoisotopic (exact) mass is 485 g/mol. The fourth-order valence-corrected chi connectivity index (χ4v) is 5.06. The van der Waals surface area contributed by atoms with Crippen LogP contribution in [0, 0.1) is 5.82 Å². The van der Waals surface area contributed by atoms with Crippen LogP contribution in [0.3, 0.4) is 0 Å². The van der Waals surface area contributed by atoms with Crippen LogP contribution in [-0.4, -0.2) is 48.5 Å². The van der Waals surface area contributed by atoms with Gasteiger partial charge in [-0.3, -0.25) is 9.98 Å². The number of amidine groups is 1. The zero-order valence-corrected chi connectivity index (χ0v) is 19.5. The lowest BCUT2D eigenvalue weighted by Crippen LogP contribution is -2.50. The molecule has 3 N–H and O–H groups in total. The summed E-state index contributed by atoms with van der Waals surface area (Å²) < 4.78 is 69.1. The number of aromatic nitrogens is 1. The van der Waals surface area contributed by atoms with E-state index in [0.717, 1.165) is 4.31 Å². The van der Waals surface area contributed by atoms with E-state index in [1.807, 2.05) is 0 Å². The molecular weight excluding hydrogens is 459 g/mol. The summed E-state index contributed by atoms with van der Waals surface area (Å²) in [7, 11) is -2.40. The minimum atomic E-state index is -3.81. The van der Waals surface area contributed by atoms with Gasteiger partial charge in [-0.2, -0.15) is 8.78 Å². The number of likely N-dealkylation sites (N-methyl/N-ethyl adjacent to an activating group) is 1. The predicted octanol–water partition coefficient (Wildman–Crippen LogP) is 3.06. The molecule has 1 aromatic carbocycles. The van der Waals surface area contributed by atoms with Gasteiger partial charge in [-0.1, -0.05) is 0 Å². The molecule has 12 heteroatoms. The largest absolute Gasteiger partial charge is 0.433 e. The first-order chi connectivity index (χ1) is 15.3. The third kappa shape index (κ3) is 4.91. The van der Waals surface area contributed by atoms with Crippen LogP contribution in [0.25, 0.3) is 0 Å². The van der Waals surface area contributed by atoms with Crippen molar-refractivity contribution in [3.63, 3.8) is 0 Å². The molecule has 0 saturated carbocycles. The van der Waals surface area contributed by atoms with Crippen LogP contribution in [0.1, 0.15) is 32.0 Å². The standard InChI is InChI=1S/C21H26F3N5O3S/c1-20(2)18(25)28-21(3,12-29(4)33(20,30)31)16-9-13(6-8-17(16)22)26-10-14-5-7-15(11-27-14)32-19(23)24/h5-9,11,19,26H,10,12H2,1-4H3,(H2,25,28)/t21-/m0/s1. The van der Waals surface area contributed by atoms with E-state index in [9.17, 15) is 21.6 Å². The molecule has 33 heavy (non-hydrogen) atoms. The van der Waals surface area contributed by atoms with E-state index in [1.54, 1.807) is 13.0 Å². The van der Waals surface area contributed by atoms with Crippen molar-refractivity contribution in [1.82, 2.24) is 9.29 Å². The van der Waals surface area contributed by atoms with E-state index in [1.165, 1.54) is 51.4 Å². The summed E-state index contributed by atoms with van der Waals surface area (Å²) >= 11 is 0. The number of nitrogens with zero attached hydrogens (tertiary/aromatic N) is 3. The topological polar surface area (TPSA) is 110 Å². The maximum Gasteiger partial charge on any atom is 0.387 e. The summed E-state index contributed by atoms with van der Waals surface area (Å²) in [6.07, 6.45) is 1.18. The van der Waals surface area contributed by atoms with Gasteiger partial charge in [0.05, 0.1) is 18.4 Å². The average molecular weight is 486 g/mol. The molecule has 2 heterocycles. The van der Waals surface area contributed by atoms with Crippen molar-refractivity contribution >= 4 is 21.5 Å².